The molecule has 2 aromatic heterocycles. The molecule has 146 valence electrons. The average molecular weight is 381 g/mol. The first-order valence-electron chi connectivity index (χ1n) is 8.28. The van der Waals surface area contributed by atoms with Gasteiger partial charge in [0.1, 0.15) is 0 Å². The summed E-state index contributed by atoms with van der Waals surface area (Å²) in [6.45, 7) is 8.85. The largest absolute Gasteiger partial charge is 0.461 e. The lowest BCUT2D eigenvalue weighted by Crippen LogP contribution is -2.24. The van der Waals surface area contributed by atoms with Gasteiger partial charge >= 0.3 is 5.97 Å². The van der Waals surface area contributed by atoms with E-state index in [2.05, 4.69) is 10.1 Å². The Morgan fingerprint density at radius 3 is 2.52 bits per heavy atom. The van der Waals surface area contributed by atoms with Gasteiger partial charge in [0.25, 0.3) is 6.43 Å². The van der Waals surface area contributed by atoms with Crippen LogP contribution in [0.2, 0.25) is 0 Å². The number of hydrogen-bond acceptors (Lipinski definition) is 6. The number of rotatable bonds is 6. The minimum absolute atomic E-state index is 0.0277. The maximum absolute atomic E-state index is 13.5. The monoisotopic (exact) mass is 381 g/mol. The number of ether oxygens (including phenoxy) is 2. The Labute approximate surface area is 155 Å². The van der Waals surface area contributed by atoms with Crippen LogP contribution in [-0.4, -0.2) is 33.6 Å². The van der Waals surface area contributed by atoms with Crippen LogP contribution in [0.15, 0.2) is 12.4 Å². The van der Waals surface area contributed by atoms with Crippen LogP contribution in [0, 0.1) is 6.92 Å². The molecule has 0 aliphatic rings. The van der Waals surface area contributed by atoms with Gasteiger partial charge in [0.05, 0.1) is 23.9 Å². The van der Waals surface area contributed by atoms with E-state index < -0.39 is 23.5 Å². The normalized spacial score (nSPS) is 11.6. The van der Waals surface area contributed by atoms with Crippen molar-refractivity contribution in [1.82, 2.24) is 14.8 Å². The fourth-order valence-electron chi connectivity index (χ4n) is 2.43. The number of carbonyl (C=O) groups is 2. The van der Waals surface area contributed by atoms with Crippen molar-refractivity contribution < 1.29 is 27.8 Å². The molecule has 0 aliphatic carbocycles. The number of carbonyl (C=O) groups excluding carboxylic acids is 2. The SMILES string of the molecule is CCOC(=O)c1nn(C(C)(C)C)c(Oc2cncc(C=O)c2C(F)F)c1C. The Hall–Kier alpha value is -2.84. The average Bonchev–Trinajstić information content (AvgIpc) is 2.91. The highest BCUT2D eigenvalue weighted by Gasteiger charge is 2.30. The molecule has 0 aliphatic heterocycles. The van der Waals surface area contributed by atoms with Crippen molar-refractivity contribution in [2.75, 3.05) is 6.61 Å². The Morgan fingerprint density at radius 1 is 1.33 bits per heavy atom. The van der Waals surface area contributed by atoms with Gasteiger partial charge in [0.15, 0.2) is 17.7 Å². The van der Waals surface area contributed by atoms with E-state index in [1.807, 2.05) is 20.8 Å². The first kappa shape index (κ1) is 20.5. The lowest BCUT2D eigenvalue weighted by atomic mass is 10.1. The molecule has 0 saturated carbocycles. The van der Waals surface area contributed by atoms with E-state index in [4.69, 9.17) is 9.47 Å². The third-order valence-electron chi connectivity index (χ3n) is 3.71. The van der Waals surface area contributed by atoms with Crippen molar-refractivity contribution in [1.29, 1.82) is 0 Å². The van der Waals surface area contributed by atoms with Crippen LogP contribution < -0.4 is 4.74 Å². The summed E-state index contributed by atoms with van der Waals surface area (Å²) in [5.74, 6) is -0.826. The highest BCUT2D eigenvalue weighted by atomic mass is 19.3. The van der Waals surface area contributed by atoms with Gasteiger partial charge in [-0.3, -0.25) is 9.78 Å². The standard InChI is InChI=1S/C18H21F2N3O4/c1-6-26-17(25)14-10(2)16(23(22-14)18(3,4)5)27-12-8-21-7-11(9-24)13(12)15(19)20/h7-9,15H,6H2,1-5H3. The molecule has 0 aromatic carbocycles. The maximum Gasteiger partial charge on any atom is 0.359 e. The Balaban J connectivity index is 2.63. The van der Waals surface area contributed by atoms with E-state index in [9.17, 15) is 18.4 Å². The van der Waals surface area contributed by atoms with Crippen LogP contribution in [0.5, 0.6) is 11.6 Å². The lowest BCUT2D eigenvalue weighted by molar-refractivity contribution is 0.0516. The molecule has 0 unspecified atom stereocenters. The van der Waals surface area contributed by atoms with Crippen molar-refractivity contribution in [3.8, 4) is 11.6 Å². The van der Waals surface area contributed by atoms with E-state index in [-0.39, 0.29) is 29.5 Å². The Morgan fingerprint density at radius 2 is 2.00 bits per heavy atom. The highest BCUT2D eigenvalue weighted by molar-refractivity contribution is 5.89. The second kappa shape index (κ2) is 7.81. The molecule has 2 rings (SSSR count). The van der Waals surface area contributed by atoms with E-state index >= 15 is 0 Å². The van der Waals surface area contributed by atoms with E-state index in [0.717, 1.165) is 12.4 Å². The maximum atomic E-state index is 13.5. The van der Waals surface area contributed by atoms with Crippen LogP contribution in [0.4, 0.5) is 8.78 Å². The first-order valence-corrected chi connectivity index (χ1v) is 8.28. The summed E-state index contributed by atoms with van der Waals surface area (Å²) < 4.78 is 39.1. The molecule has 7 nitrogen and oxygen atoms in total. The van der Waals surface area contributed by atoms with E-state index in [1.54, 1.807) is 13.8 Å². The van der Waals surface area contributed by atoms with Crippen LogP contribution >= 0.6 is 0 Å². The molecule has 0 saturated heterocycles. The van der Waals surface area contributed by atoms with E-state index in [1.165, 1.54) is 4.68 Å². The molecule has 0 spiro atoms. The van der Waals surface area contributed by atoms with Gasteiger partial charge in [-0.25, -0.2) is 18.3 Å². The minimum atomic E-state index is -2.95. The third-order valence-corrected chi connectivity index (χ3v) is 3.71. The molecule has 0 amide bonds. The predicted molar refractivity (Wildman–Crippen MR) is 92.6 cm³/mol. The van der Waals surface area contributed by atoms with Crippen molar-refractivity contribution in [3.63, 3.8) is 0 Å². The lowest BCUT2D eigenvalue weighted by Gasteiger charge is -2.22. The zero-order chi connectivity index (χ0) is 20.4. The van der Waals surface area contributed by atoms with Gasteiger partial charge < -0.3 is 9.47 Å². The quantitative estimate of drug-likeness (QED) is 0.554. The van der Waals surface area contributed by atoms with Gasteiger partial charge in [0.2, 0.25) is 5.88 Å². The molecule has 0 N–H and O–H groups in total. The number of esters is 1. The number of pyridine rings is 1. The summed E-state index contributed by atoms with van der Waals surface area (Å²) in [6, 6.07) is 0. The molecule has 27 heavy (non-hydrogen) atoms. The summed E-state index contributed by atoms with van der Waals surface area (Å²) in [6.07, 6.45) is -0.518. The van der Waals surface area contributed by atoms with Crippen LogP contribution in [0.1, 0.15) is 66.1 Å². The number of aromatic nitrogens is 3. The second-order valence-corrected chi connectivity index (χ2v) is 6.74. The molecule has 9 heteroatoms. The molecule has 2 heterocycles. The van der Waals surface area contributed by atoms with Crippen molar-refractivity contribution >= 4 is 12.3 Å². The molecule has 2 aromatic rings. The van der Waals surface area contributed by atoms with Crippen LogP contribution in [0.25, 0.3) is 0 Å². The molecular weight excluding hydrogens is 360 g/mol. The summed E-state index contributed by atoms with van der Waals surface area (Å²) in [7, 11) is 0. The van der Waals surface area contributed by atoms with Crippen molar-refractivity contribution in [2.45, 2.75) is 46.6 Å². The zero-order valence-corrected chi connectivity index (χ0v) is 15.7. The molecule has 0 bridgehead atoms. The van der Waals surface area contributed by atoms with Gasteiger partial charge in [0, 0.05) is 17.3 Å². The van der Waals surface area contributed by atoms with Gasteiger partial charge in [-0.1, -0.05) is 0 Å². The molecular formula is C18H21F2N3O4. The number of hydrogen-bond donors (Lipinski definition) is 0. The predicted octanol–water partition coefficient (Wildman–Crippen LogP) is 4.06. The summed E-state index contributed by atoms with van der Waals surface area (Å²) >= 11 is 0. The Kier molecular flexibility index (Phi) is 5.92. The fraction of sp³-hybridized carbons (Fsp3) is 0.444. The fourth-order valence-corrected chi connectivity index (χ4v) is 2.43. The highest BCUT2D eigenvalue weighted by Crippen LogP contribution is 2.37. The van der Waals surface area contributed by atoms with Gasteiger partial charge in [-0.2, -0.15) is 5.10 Å². The van der Waals surface area contributed by atoms with Crippen LogP contribution in [0.3, 0.4) is 0 Å². The minimum Gasteiger partial charge on any atom is -0.461 e. The van der Waals surface area contributed by atoms with Crippen molar-refractivity contribution in [2.24, 2.45) is 0 Å². The summed E-state index contributed by atoms with van der Waals surface area (Å²) in [5, 5.41) is 4.25. The number of alkyl halides is 2. The number of halogens is 2. The molecule has 0 radical (unpaired) electrons. The molecule has 0 fully saturated rings. The number of aldehydes is 1. The summed E-state index contributed by atoms with van der Waals surface area (Å²) in [4.78, 5) is 27.0. The second-order valence-electron chi connectivity index (χ2n) is 6.74. The van der Waals surface area contributed by atoms with Crippen LogP contribution in [-0.2, 0) is 10.3 Å². The smallest absolute Gasteiger partial charge is 0.359 e. The van der Waals surface area contributed by atoms with Gasteiger partial charge in [-0.05, 0) is 34.6 Å². The zero-order valence-electron chi connectivity index (χ0n) is 15.7. The third kappa shape index (κ3) is 4.12. The number of nitrogens with zero attached hydrogens (tertiary/aromatic N) is 3. The van der Waals surface area contributed by atoms with Crippen molar-refractivity contribution in [3.05, 3.63) is 34.8 Å². The Bertz CT molecular complexity index is 857. The van der Waals surface area contributed by atoms with Gasteiger partial charge in [-0.15, -0.1) is 0 Å². The topological polar surface area (TPSA) is 83.3 Å². The van der Waals surface area contributed by atoms with E-state index in [0.29, 0.717) is 11.8 Å². The molecule has 0 atom stereocenters. The first-order chi connectivity index (χ1) is 12.6. The summed E-state index contributed by atoms with van der Waals surface area (Å²) in [5.41, 5.74) is -1.10.